The summed E-state index contributed by atoms with van der Waals surface area (Å²) in [6, 6.07) is 8.41. The van der Waals surface area contributed by atoms with Crippen molar-refractivity contribution in [1.82, 2.24) is 5.32 Å². The first kappa shape index (κ1) is 15.8. The molecule has 0 radical (unpaired) electrons. The molecule has 1 amide bonds. The average molecular weight is 290 g/mol. The molecule has 4 heteroatoms. The van der Waals surface area contributed by atoms with Gasteiger partial charge in [0, 0.05) is 31.5 Å². The van der Waals surface area contributed by atoms with Crippen molar-refractivity contribution in [3.63, 3.8) is 0 Å². The number of hydrogen-bond acceptors (Lipinski definition) is 3. The van der Waals surface area contributed by atoms with E-state index in [9.17, 15) is 4.79 Å². The number of ether oxygens (including phenoxy) is 1. The maximum absolute atomic E-state index is 12.4. The van der Waals surface area contributed by atoms with Gasteiger partial charge in [0.05, 0.1) is 5.92 Å². The molecule has 0 bridgehead atoms. The molecule has 2 rings (SSSR count). The Hall–Kier alpha value is -1.55. The Kier molecular flexibility index (Phi) is 6.05. The molecule has 2 atom stereocenters. The first-order valence-electron chi connectivity index (χ1n) is 7.93. The summed E-state index contributed by atoms with van der Waals surface area (Å²) in [6.07, 6.45) is 2.75. The Balaban J connectivity index is 1.85. The zero-order chi connectivity index (χ0) is 15.1. The first-order valence-corrected chi connectivity index (χ1v) is 7.93. The van der Waals surface area contributed by atoms with Gasteiger partial charge in [0.15, 0.2) is 0 Å². The molecule has 21 heavy (non-hydrogen) atoms. The van der Waals surface area contributed by atoms with Crippen LogP contribution in [0, 0.1) is 0 Å². The summed E-state index contributed by atoms with van der Waals surface area (Å²) in [5.41, 5.74) is 2.19. The summed E-state index contributed by atoms with van der Waals surface area (Å²) in [5, 5.41) is 6.48. The predicted molar refractivity (Wildman–Crippen MR) is 85.6 cm³/mol. The zero-order valence-electron chi connectivity index (χ0n) is 13.0. The van der Waals surface area contributed by atoms with Gasteiger partial charge in [0.1, 0.15) is 0 Å². The maximum Gasteiger partial charge on any atom is 0.227 e. The van der Waals surface area contributed by atoms with E-state index in [1.165, 1.54) is 0 Å². The molecule has 0 saturated heterocycles. The molecule has 1 aliphatic rings. The largest absolute Gasteiger partial charge is 0.382 e. The van der Waals surface area contributed by atoms with Crippen LogP contribution in [-0.2, 0) is 9.53 Å². The Labute approximate surface area is 127 Å². The minimum atomic E-state index is -0.0472. The fraction of sp³-hybridized carbons (Fsp3) is 0.588. The van der Waals surface area contributed by atoms with Gasteiger partial charge in [0.25, 0.3) is 0 Å². The number of rotatable bonds is 7. The van der Waals surface area contributed by atoms with E-state index in [1.54, 1.807) is 0 Å². The quantitative estimate of drug-likeness (QED) is 0.759. The van der Waals surface area contributed by atoms with Crippen LogP contribution >= 0.6 is 0 Å². The standard InChI is InChI=1S/C17H26N2O2/c1-3-10-21-11-6-9-18-17(20)15-12-13(2)19-16-8-5-4-7-14(15)16/h4-5,7-8,13,15,19H,3,6,9-12H2,1-2H3,(H,18,20). The minimum absolute atomic E-state index is 0.0472. The van der Waals surface area contributed by atoms with Crippen molar-refractivity contribution in [3.05, 3.63) is 29.8 Å². The molecule has 1 heterocycles. The summed E-state index contributed by atoms with van der Waals surface area (Å²) in [6.45, 7) is 6.41. The second kappa shape index (κ2) is 8.03. The summed E-state index contributed by atoms with van der Waals surface area (Å²) in [4.78, 5) is 12.4. The number of carbonyl (C=O) groups excluding carboxylic acids is 1. The van der Waals surface area contributed by atoms with Crippen LogP contribution in [0.2, 0.25) is 0 Å². The van der Waals surface area contributed by atoms with Crippen molar-refractivity contribution in [2.24, 2.45) is 0 Å². The lowest BCUT2D eigenvalue weighted by Crippen LogP contribution is -2.36. The molecular formula is C17H26N2O2. The molecule has 1 aromatic carbocycles. The highest BCUT2D eigenvalue weighted by Gasteiger charge is 2.29. The number of benzene rings is 1. The van der Waals surface area contributed by atoms with Gasteiger partial charge in [-0.15, -0.1) is 0 Å². The van der Waals surface area contributed by atoms with E-state index in [1.807, 2.05) is 24.3 Å². The number of hydrogen-bond donors (Lipinski definition) is 2. The van der Waals surface area contributed by atoms with Crippen LogP contribution in [0.4, 0.5) is 5.69 Å². The van der Waals surface area contributed by atoms with Crippen LogP contribution in [0.15, 0.2) is 24.3 Å². The summed E-state index contributed by atoms with van der Waals surface area (Å²) < 4.78 is 5.42. The highest BCUT2D eigenvalue weighted by molar-refractivity contribution is 5.86. The van der Waals surface area contributed by atoms with Gasteiger partial charge in [-0.3, -0.25) is 4.79 Å². The van der Waals surface area contributed by atoms with Gasteiger partial charge < -0.3 is 15.4 Å². The van der Waals surface area contributed by atoms with Crippen molar-refractivity contribution in [3.8, 4) is 0 Å². The van der Waals surface area contributed by atoms with Crippen LogP contribution < -0.4 is 10.6 Å². The highest BCUT2D eigenvalue weighted by Crippen LogP contribution is 2.33. The van der Waals surface area contributed by atoms with E-state index in [2.05, 4.69) is 24.5 Å². The number of fused-ring (bicyclic) bond motifs is 1. The predicted octanol–water partition coefficient (Wildman–Crippen LogP) is 2.91. The van der Waals surface area contributed by atoms with E-state index in [-0.39, 0.29) is 11.8 Å². The maximum atomic E-state index is 12.4. The van der Waals surface area contributed by atoms with E-state index in [4.69, 9.17) is 4.74 Å². The Bertz CT molecular complexity index is 462. The summed E-state index contributed by atoms with van der Waals surface area (Å²) in [5.74, 6) is 0.0836. The third-order valence-electron chi connectivity index (χ3n) is 3.76. The van der Waals surface area contributed by atoms with Crippen LogP contribution in [0.25, 0.3) is 0 Å². The van der Waals surface area contributed by atoms with E-state index >= 15 is 0 Å². The third kappa shape index (κ3) is 4.46. The molecule has 1 aromatic rings. The second-order valence-electron chi connectivity index (χ2n) is 5.68. The third-order valence-corrected chi connectivity index (χ3v) is 3.76. The molecule has 2 unspecified atom stereocenters. The molecule has 4 nitrogen and oxygen atoms in total. The van der Waals surface area contributed by atoms with Crippen LogP contribution in [0.5, 0.6) is 0 Å². The second-order valence-corrected chi connectivity index (χ2v) is 5.68. The number of para-hydroxylation sites is 1. The molecule has 116 valence electrons. The fourth-order valence-corrected chi connectivity index (χ4v) is 2.74. The monoisotopic (exact) mass is 290 g/mol. The van der Waals surface area contributed by atoms with Gasteiger partial charge in [0.2, 0.25) is 5.91 Å². The Morgan fingerprint density at radius 3 is 3.00 bits per heavy atom. The van der Waals surface area contributed by atoms with Crippen molar-refractivity contribution in [2.45, 2.75) is 45.1 Å². The number of amides is 1. The SMILES string of the molecule is CCCOCCCNC(=O)C1CC(C)Nc2ccccc21. The van der Waals surface area contributed by atoms with Crippen LogP contribution in [0.1, 0.15) is 44.6 Å². The van der Waals surface area contributed by atoms with Gasteiger partial charge in [-0.05, 0) is 37.8 Å². The lowest BCUT2D eigenvalue weighted by molar-refractivity contribution is -0.122. The number of nitrogens with one attached hydrogen (secondary N) is 2. The molecular weight excluding hydrogens is 264 g/mol. The van der Waals surface area contributed by atoms with E-state index in [0.717, 1.165) is 37.1 Å². The molecule has 0 saturated carbocycles. The number of carbonyl (C=O) groups is 1. The molecule has 0 fully saturated rings. The first-order chi connectivity index (χ1) is 10.2. The smallest absolute Gasteiger partial charge is 0.227 e. The molecule has 0 aromatic heterocycles. The van der Waals surface area contributed by atoms with E-state index < -0.39 is 0 Å². The lowest BCUT2D eigenvalue weighted by Gasteiger charge is -2.30. The Morgan fingerprint density at radius 1 is 1.38 bits per heavy atom. The molecule has 1 aliphatic heterocycles. The van der Waals surface area contributed by atoms with E-state index in [0.29, 0.717) is 19.2 Å². The lowest BCUT2D eigenvalue weighted by atomic mass is 9.87. The van der Waals surface area contributed by atoms with Gasteiger partial charge in [-0.2, -0.15) is 0 Å². The topological polar surface area (TPSA) is 50.4 Å². The summed E-state index contributed by atoms with van der Waals surface area (Å²) >= 11 is 0. The van der Waals surface area contributed by atoms with Gasteiger partial charge in [-0.1, -0.05) is 25.1 Å². The Morgan fingerprint density at radius 2 is 2.19 bits per heavy atom. The van der Waals surface area contributed by atoms with Gasteiger partial charge in [-0.25, -0.2) is 0 Å². The highest BCUT2D eigenvalue weighted by atomic mass is 16.5. The molecule has 0 spiro atoms. The van der Waals surface area contributed by atoms with Crippen molar-refractivity contribution in [1.29, 1.82) is 0 Å². The molecule has 0 aliphatic carbocycles. The van der Waals surface area contributed by atoms with Crippen LogP contribution in [0.3, 0.4) is 0 Å². The fourth-order valence-electron chi connectivity index (χ4n) is 2.74. The van der Waals surface area contributed by atoms with Crippen molar-refractivity contribution >= 4 is 11.6 Å². The van der Waals surface area contributed by atoms with Crippen molar-refractivity contribution < 1.29 is 9.53 Å². The summed E-state index contributed by atoms with van der Waals surface area (Å²) in [7, 11) is 0. The normalized spacial score (nSPS) is 20.5. The molecule has 2 N–H and O–H groups in total. The van der Waals surface area contributed by atoms with Crippen molar-refractivity contribution in [2.75, 3.05) is 25.1 Å². The average Bonchev–Trinajstić information content (AvgIpc) is 2.49. The van der Waals surface area contributed by atoms with Gasteiger partial charge >= 0.3 is 0 Å². The van der Waals surface area contributed by atoms with Crippen LogP contribution in [-0.4, -0.2) is 31.7 Å². The zero-order valence-corrected chi connectivity index (χ0v) is 13.0. The minimum Gasteiger partial charge on any atom is -0.382 e. The number of anilines is 1.